The Morgan fingerprint density at radius 3 is 2.71 bits per heavy atom. The largest absolute Gasteiger partial charge is 0.370 e. The lowest BCUT2D eigenvalue weighted by Crippen LogP contribution is -2.58. The van der Waals surface area contributed by atoms with Gasteiger partial charge in [0, 0.05) is 56.2 Å². The van der Waals surface area contributed by atoms with Crippen molar-refractivity contribution in [2.24, 2.45) is 5.92 Å². The molecule has 3 fully saturated rings. The van der Waals surface area contributed by atoms with Crippen LogP contribution in [-0.2, 0) is 16.1 Å². The highest BCUT2D eigenvalue weighted by molar-refractivity contribution is 5.81. The van der Waals surface area contributed by atoms with Gasteiger partial charge < -0.3 is 14.5 Å². The minimum Gasteiger partial charge on any atom is -0.370 e. The fourth-order valence-corrected chi connectivity index (χ4v) is 4.87. The number of urea groups is 1. The number of aryl methyl sites for hydroxylation is 1. The van der Waals surface area contributed by atoms with Gasteiger partial charge in [-0.3, -0.25) is 9.48 Å². The Balaban J connectivity index is 1.15. The summed E-state index contributed by atoms with van der Waals surface area (Å²) in [4.78, 5) is 28.4. The number of aromatic nitrogens is 2. The van der Waals surface area contributed by atoms with Crippen molar-refractivity contribution in [1.29, 1.82) is 0 Å². The predicted molar refractivity (Wildman–Crippen MR) is 112 cm³/mol. The number of fused-ring (bicyclic) bond motifs is 1. The molecule has 0 aliphatic carbocycles. The van der Waals surface area contributed by atoms with E-state index in [-0.39, 0.29) is 37.0 Å². The second-order valence-corrected chi connectivity index (χ2v) is 8.77. The van der Waals surface area contributed by atoms with E-state index in [1.54, 1.807) is 10.9 Å². The first-order valence-corrected chi connectivity index (χ1v) is 11.0. The maximum absolute atomic E-state index is 12.9. The molecule has 2 atom stereocenters. The molecule has 0 unspecified atom stereocenters. The van der Waals surface area contributed by atoms with E-state index in [1.165, 1.54) is 5.56 Å². The van der Waals surface area contributed by atoms with Crippen molar-refractivity contribution in [2.45, 2.75) is 31.4 Å². The molecule has 1 aromatic carbocycles. The number of carbonyl (C=O) groups is 2. The molecule has 7 nitrogen and oxygen atoms in total. The van der Waals surface area contributed by atoms with E-state index in [0.29, 0.717) is 38.5 Å². The van der Waals surface area contributed by atoms with E-state index in [2.05, 4.69) is 29.4 Å². The number of rotatable bonds is 4. The fraction of sp³-hybridized carbons (Fsp3) is 0.522. The minimum atomic E-state index is -0.429. The molecule has 2 amide bonds. The van der Waals surface area contributed by atoms with Gasteiger partial charge >= 0.3 is 6.03 Å². The van der Waals surface area contributed by atoms with E-state index >= 15 is 0 Å². The molecule has 3 aliphatic heterocycles. The van der Waals surface area contributed by atoms with Crippen LogP contribution in [0.3, 0.4) is 0 Å². The van der Waals surface area contributed by atoms with Crippen molar-refractivity contribution in [2.75, 3.05) is 39.5 Å². The Bertz CT molecular complexity index is 954. The van der Waals surface area contributed by atoms with Crippen LogP contribution in [0.4, 0.5) is 9.18 Å². The molecule has 31 heavy (non-hydrogen) atoms. The number of hydrogen-bond acceptors (Lipinski definition) is 4. The third-order valence-electron chi connectivity index (χ3n) is 6.70. The Kier molecular flexibility index (Phi) is 5.48. The van der Waals surface area contributed by atoms with Crippen LogP contribution in [0, 0.1) is 5.92 Å². The van der Waals surface area contributed by atoms with Gasteiger partial charge in [0.1, 0.15) is 13.3 Å². The molecule has 8 heteroatoms. The number of amides is 2. The zero-order valence-electron chi connectivity index (χ0n) is 17.5. The minimum absolute atomic E-state index is 0.0737. The number of alkyl halides is 1. The highest BCUT2D eigenvalue weighted by Gasteiger charge is 2.40. The molecule has 0 bridgehead atoms. The number of halogens is 1. The van der Waals surface area contributed by atoms with E-state index in [9.17, 15) is 14.0 Å². The Morgan fingerprint density at radius 2 is 1.94 bits per heavy atom. The van der Waals surface area contributed by atoms with Gasteiger partial charge in [-0.1, -0.05) is 24.3 Å². The van der Waals surface area contributed by atoms with Gasteiger partial charge in [-0.05, 0) is 17.5 Å². The molecule has 0 spiro atoms. The number of likely N-dealkylation sites (tertiary alicyclic amines) is 2. The van der Waals surface area contributed by atoms with Crippen molar-refractivity contribution in [3.05, 3.63) is 42.2 Å². The van der Waals surface area contributed by atoms with E-state index in [0.717, 1.165) is 17.5 Å². The summed E-state index contributed by atoms with van der Waals surface area (Å²) in [6, 6.07) is 8.39. The number of ketones is 1. The Morgan fingerprint density at radius 1 is 1.13 bits per heavy atom. The van der Waals surface area contributed by atoms with Crippen LogP contribution in [0.5, 0.6) is 0 Å². The molecule has 4 heterocycles. The van der Waals surface area contributed by atoms with Crippen LogP contribution in [0.15, 0.2) is 36.7 Å². The zero-order chi connectivity index (χ0) is 21.4. The topological polar surface area (TPSA) is 67.7 Å². The lowest BCUT2D eigenvalue weighted by molar-refractivity contribution is -0.140. The van der Waals surface area contributed by atoms with Crippen LogP contribution in [-0.4, -0.2) is 77.0 Å². The van der Waals surface area contributed by atoms with Crippen LogP contribution < -0.4 is 0 Å². The Hall–Kier alpha value is -2.74. The normalized spacial score (nSPS) is 24.1. The van der Waals surface area contributed by atoms with E-state index < -0.39 is 6.67 Å². The second kappa shape index (κ2) is 8.42. The number of nitrogens with zero attached hydrogens (tertiary/aromatic N) is 4. The summed E-state index contributed by atoms with van der Waals surface area (Å²) >= 11 is 0. The summed E-state index contributed by atoms with van der Waals surface area (Å²) < 4.78 is 19.7. The maximum atomic E-state index is 12.9. The summed E-state index contributed by atoms with van der Waals surface area (Å²) in [5.41, 5.74) is 3.24. The molecule has 3 aliphatic rings. The van der Waals surface area contributed by atoms with Gasteiger partial charge in [-0.15, -0.1) is 0 Å². The van der Waals surface area contributed by atoms with Gasteiger partial charge in [0.15, 0.2) is 5.78 Å². The smallest absolute Gasteiger partial charge is 0.320 e. The van der Waals surface area contributed by atoms with Crippen LogP contribution in [0.25, 0.3) is 11.1 Å². The second-order valence-electron chi connectivity index (χ2n) is 8.77. The van der Waals surface area contributed by atoms with Gasteiger partial charge in [0.25, 0.3) is 0 Å². The summed E-state index contributed by atoms with van der Waals surface area (Å²) in [7, 11) is 0. The summed E-state index contributed by atoms with van der Waals surface area (Å²) in [5.74, 6) is 0.611. The zero-order valence-corrected chi connectivity index (χ0v) is 17.5. The van der Waals surface area contributed by atoms with Crippen LogP contribution >= 0.6 is 0 Å². The average Bonchev–Trinajstić information content (AvgIpc) is 3.21. The van der Waals surface area contributed by atoms with Crippen LogP contribution in [0.1, 0.15) is 24.3 Å². The monoisotopic (exact) mass is 426 g/mol. The van der Waals surface area contributed by atoms with E-state index in [1.807, 2.05) is 16.0 Å². The highest BCUT2D eigenvalue weighted by atomic mass is 19.1. The van der Waals surface area contributed by atoms with Gasteiger partial charge in [-0.25, -0.2) is 9.18 Å². The molecule has 5 rings (SSSR count). The number of hydrogen-bond donors (Lipinski definition) is 0. The van der Waals surface area contributed by atoms with Gasteiger partial charge in [0.05, 0.1) is 18.8 Å². The first kappa shape index (κ1) is 20.2. The summed E-state index contributed by atoms with van der Waals surface area (Å²) in [5, 5.41) is 4.17. The molecule has 3 saturated heterocycles. The van der Waals surface area contributed by atoms with Gasteiger partial charge in [-0.2, -0.15) is 5.10 Å². The maximum Gasteiger partial charge on any atom is 0.320 e. The van der Waals surface area contributed by atoms with Crippen molar-refractivity contribution in [3.63, 3.8) is 0 Å². The average molecular weight is 426 g/mol. The molecular formula is C23H27FN4O3. The Labute approximate surface area is 180 Å². The number of carbonyl (C=O) groups excluding carboxylic acids is 2. The van der Waals surface area contributed by atoms with Crippen molar-refractivity contribution >= 4 is 11.8 Å². The molecule has 0 N–H and O–H groups in total. The first-order valence-electron chi connectivity index (χ1n) is 11.0. The number of Topliss-reactive ketones (excluding diaryl/α,β-unsaturated/α-hetero) is 1. The highest BCUT2D eigenvalue weighted by Crippen LogP contribution is 2.32. The number of piperidine rings is 1. The van der Waals surface area contributed by atoms with Crippen molar-refractivity contribution < 1.29 is 18.7 Å². The summed E-state index contributed by atoms with van der Waals surface area (Å²) in [6.07, 6.45) is 5.06. The molecule has 1 aromatic heterocycles. The molecular weight excluding hydrogens is 399 g/mol. The van der Waals surface area contributed by atoms with Crippen molar-refractivity contribution in [3.8, 4) is 11.1 Å². The number of ether oxygens (including phenoxy) is 1. The lowest BCUT2D eigenvalue weighted by atomic mass is 9.87. The third kappa shape index (κ3) is 4.08. The third-order valence-corrected chi connectivity index (χ3v) is 6.70. The lowest BCUT2D eigenvalue weighted by Gasteiger charge is -2.46. The molecule has 0 radical (unpaired) electrons. The SMILES string of the molecule is O=C1CO[C@H]2CCN(C(=O)N3CC(c4ccc(-c5cnn(CCF)c5)cc4)C3)C[C@H]2C1. The van der Waals surface area contributed by atoms with Crippen molar-refractivity contribution in [1.82, 2.24) is 19.6 Å². The first-order chi connectivity index (χ1) is 15.1. The van der Waals surface area contributed by atoms with Crippen LogP contribution in [0.2, 0.25) is 0 Å². The predicted octanol–water partition coefficient (Wildman–Crippen LogP) is 2.72. The standard InChI is InChI=1S/C23H27FN4O3/c24-6-8-28-14-19(10-25-28)16-1-3-17(4-2-16)20-12-27(13-20)23(30)26-7-5-22-18(11-26)9-21(29)15-31-22/h1-4,10,14,18,20,22H,5-9,11-13,15H2/t18-,22+/m1/s1. The summed E-state index contributed by atoms with van der Waals surface area (Å²) in [6.45, 7) is 2.80. The van der Waals surface area contributed by atoms with E-state index in [4.69, 9.17) is 4.74 Å². The quantitative estimate of drug-likeness (QED) is 0.754. The number of benzene rings is 1. The van der Waals surface area contributed by atoms with Gasteiger partial charge in [0.2, 0.25) is 0 Å². The molecule has 0 saturated carbocycles. The molecule has 2 aromatic rings. The fourth-order valence-electron chi connectivity index (χ4n) is 4.87. The molecule has 164 valence electrons.